The normalized spacial score (nSPS) is 40.4. The third-order valence-electron chi connectivity index (χ3n) is 4.82. The molecule has 4 heteroatoms. The van der Waals surface area contributed by atoms with E-state index in [2.05, 4.69) is 5.32 Å². The van der Waals surface area contributed by atoms with E-state index in [0.717, 1.165) is 19.3 Å². The van der Waals surface area contributed by atoms with Crippen LogP contribution in [0.3, 0.4) is 0 Å². The lowest BCUT2D eigenvalue weighted by atomic mass is 9.53. The van der Waals surface area contributed by atoms with Gasteiger partial charge in [-0.1, -0.05) is 0 Å². The van der Waals surface area contributed by atoms with Crippen molar-refractivity contribution < 1.29 is 14.3 Å². The van der Waals surface area contributed by atoms with Crippen molar-refractivity contribution in [3.8, 4) is 0 Å². The largest absolute Gasteiger partial charge is 0.444 e. The van der Waals surface area contributed by atoms with Crippen LogP contribution in [0.1, 0.15) is 46.5 Å². The molecule has 5 unspecified atom stereocenters. The van der Waals surface area contributed by atoms with E-state index < -0.39 is 5.60 Å². The third-order valence-corrected chi connectivity index (χ3v) is 4.82. The van der Waals surface area contributed by atoms with E-state index in [9.17, 15) is 9.59 Å². The topological polar surface area (TPSA) is 55.4 Å². The van der Waals surface area contributed by atoms with Gasteiger partial charge in [0.25, 0.3) is 0 Å². The molecule has 4 aliphatic carbocycles. The maximum absolute atomic E-state index is 12.3. The number of hydrogen-bond donors (Lipinski definition) is 1. The second kappa shape index (κ2) is 4.22. The predicted molar refractivity (Wildman–Crippen MR) is 70.6 cm³/mol. The molecule has 0 aromatic heterocycles. The Bertz CT molecular complexity index is 412. The zero-order chi connectivity index (χ0) is 13.8. The van der Waals surface area contributed by atoms with Crippen LogP contribution >= 0.6 is 0 Å². The molecule has 4 fully saturated rings. The number of Topliss-reactive ketones (excluding diaryl/α,β-unsaturated/α-hetero) is 1. The molecule has 4 aliphatic rings. The van der Waals surface area contributed by atoms with Crippen molar-refractivity contribution in [1.82, 2.24) is 5.32 Å². The summed E-state index contributed by atoms with van der Waals surface area (Å²) in [6, 6.07) is 0.00940. The molecule has 4 saturated carbocycles. The van der Waals surface area contributed by atoms with Crippen LogP contribution in [0.25, 0.3) is 0 Å². The van der Waals surface area contributed by atoms with Gasteiger partial charge in [-0.25, -0.2) is 4.79 Å². The molecule has 4 rings (SSSR count). The fourth-order valence-electron chi connectivity index (χ4n) is 4.29. The number of ether oxygens (including phenoxy) is 1. The van der Waals surface area contributed by atoms with Crippen LogP contribution in [0.4, 0.5) is 4.79 Å². The number of rotatable bonds is 1. The quantitative estimate of drug-likeness (QED) is 0.792. The van der Waals surface area contributed by atoms with Crippen molar-refractivity contribution in [2.45, 2.75) is 58.1 Å². The van der Waals surface area contributed by atoms with E-state index in [-0.39, 0.29) is 24.0 Å². The first kappa shape index (κ1) is 12.9. The van der Waals surface area contributed by atoms with E-state index in [1.54, 1.807) is 0 Å². The SMILES string of the molecule is CC(C)(C)OC(=O)NC1C2CC3CC(C2)C(=O)C1C3. The molecule has 1 N–H and O–H groups in total. The lowest BCUT2D eigenvalue weighted by Crippen LogP contribution is -2.60. The van der Waals surface area contributed by atoms with Gasteiger partial charge < -0.3 is 10.1 Å². The van der Waals surface area contributed by atoms with Gasteiger partial charge >= 0.3 is 6.09 Å². The van der Waals surface area contributed by atoms with Gasteiger partial charge in [-0.2, -0.15) is 0 Å². The average Bonchev–Trinajstić information content (AvgIpc) is 2.27. The predicted octanol–water partition coefficient (Wildman–Crippen LogP) is 2.51. The highest BCUT2D eigenvalue weighted by Gasteiger charge is 2.53. The first-order valence-electron chi connectivity index (χ1n) is 7.37. The fourth-order valence-corrected chi connectivity index (χ4v) is 4.29. The zero-order valence-corrected chi connectivity index (χ0v) is 11.9. The van der Waals surface area contributed by atoms with E-state index in [4.69, 9.17) is 4.74 Å². The van der Waals surface area contributed by atoms with Crippen LogP contribution in [0.15, 0.2) is 0 Å². The molecular formula is C15H23NO3. The Morgan fingerprint density at radius 2 is 1.95 bits per heavy atom. The lowest BCUT2D eigenvalue weighted by molar-refractivity contribution is -0.142. The summed E-state index contributed by atoms with van der Waals surface area (Å²) < 4.78 is 5.32. The monoisotopic (exact) mass is 265 g/mol. The van der Waals surface area contributed by atoms with Crippen LogP contribution in [0.2, 0.25) is 0 Å². The van der Waals surface area contributed by atoms with Crippen LogP contribution in [-0.2, 0) is 9.53 Å². The molecule has 1 amide bonds. The molecule has 0 radical (unpaired) electrons. The second-order valence-electron chi connectivity index (χ2n) is 7.45. The molecule has 0 saturated heterocycles. The minimum Gasteiger partial charge on any atom is -0.444 e. The lowest BCUT2D eigenvalue weighted by Gasteiger charge is -2.53. The summed E-state index contributed by atoms with van der Waals surface area (Å²) in [6.07, 6.45) is 3.81. The summed E-state index contributed by atoms with van der Waals surface area (Å²) in [5.41, 5.74) is -0.486. The number of ketones is 1. The van der Waals surface area contributed by atoms with Crippen LogP contribution < -0.4 is 5.32 Å². The third kappa shape index (κ3) is 2.37. The maximum Gasteiger partial charge on any atom is 0.407 e. The maximum atomic E-state index is 12.3. The van der Waals surface area contributed by atoms with Crippen LogP contribution in [0.5, 0.6) is 0 Å². The highest BCUT2D eigenvalue weighted by molar-refractivity contribution is 5.87. The first-order valence-corrected chi connectivity index (χ1v) is 7.37. The molecule has 0 aliphatic heterocycles. The first-order chi connectivity index (χ1) is 8.83. The Kier molecular flexibility index (Phi) is 2.88. The summed E-state index contributed by atoms with van der Waals surface area (Å²) in [5, 5.41) is 2.97. The number of alkyl carbamates (subject to hydrolysis) is 1. The average molecular weight is 265 g/mol. The van der Waals surface area contributed by atoms with Crippen molar-refractivity contribution in [3.63, 3.8) is 0 Å². The van der Waals surface area contributed by atoms with Crippen molar-refractivity contribution in [1.29, 1.82) is 0 Å². The Morgan fingerprint density at radius 3 is 2.63 bits per heavy atom. The Balaban J connectivity index is 1.68. The minimum atomic E-state index is -0.486. The zero-order valence-electron chi connectivity index (χ0n) is 11.9. The van der Waals surface area contributed by atoms with E-state index in [1.807, 2.05) is 20.8 Å². The Hall–Kier alpha value is -1.06. The molecule has 0 spiro atoms. The van der Waals surface area contributed by atoms with E-state index >= 15 is 0 Å². The fraction of sp³-hybridized carbons (Fsp3) is 0.867. The van der Waals surface area contributed by atoms with Gasteiger partial charge in [0.15, 0.2) is 0 Å². The van der Waals surface area contributed by atoms with Gasteiger partial charge in [0.1, 0.15) is 11.4 Å². The molecule has 4 bridgehead atoms. The molecule has 5 atom stereocenters. The number of carbonyl (C=O) groups is 2. The van der Waals surface area contributed by atoms with E-state index in [0.29, 0.717) is 17.6 Å². The number of nitrogens with one attached hydrogen (secondary N) is 1. The molecule has 19 heavy (non-hydrogen) atoms. The van der Waals surface area contributed by atoms with Crippen molar-refractivity contribution in [2.75, 3.05) is 0 Å². The number of carbonyl (C=O) groups excluding carboxylic acids is 2. The molecule has 0 aromatic carbocycles. The van der Waals surface area contributed by atoms with Gasteiger partial charge in [-0.3, -0.25) is 4.79 Å². The molecule has 0 heterocycles. The van der Waals surface area contributed by atoms with Crippen molar-refractivity contribution in [3.05, 3.63) is 0 Å². The molecule has 106 valence electrons. The van der Waals surface area contributed by atoms with Crippen molar-refractivity contribution in [2.24, 2.45) is 23.7 Å². The van der Waals surface area contributed by atoms with Gasteiger partial charge in [-0.05, 0) is 58.3 Å². The molecule has 4 nitrogen and oxygen atoms in total. The van der Waals surface area contributed by atoms with Crippen LogP contribution in [-0.4, -0.2) is 23.5 Å². The number of hydrogen-bond acceptors (Lipinski definition) is 3. The Labute approximate surface area is 114 Å². The summed E-state index contributed by atoms with van der Waals surface area (Å²) in [6.45, 7) is 5.57. The van der Waals surface area contributed by atoms with Gasteiger partial charge in [0.05, 0.1) is 0 Å². The highest BCUT2D eigenvalue weighted by atomic mass is 16.6. The second-order valence-corrected chi connectivity index (χ2v) is 7.45. The van der Waals surface area contributed by atoms with Crippen molar-refractivity contribution >= 4 is 11.9 Å². The summed E-state index contributed by atoms with van der Waals surface area (Å²) in [5.74, 6) is 1.90. The molecule has 0 aromatic rings. The Morgan fingerprint density at radius 1 is 1.21 bits per heavy atom. The summed E-state index contributed by atoms with van der Waals surface area (Å²) in [4.78, 5) is 24.2. The van der Waals surface area contributed by atoms with Gasteiger partial charge in [-0.15, -0.1) is 0 Å². The minimum absolute atomic E-state index is 0.00940. The summed E-state index contributed by atoms with van der Waals surface area (Å²) in [7, 11) is 0. The summed E-state index contributed by atoms with van der Waals surface area (Å²) >= 11 is 0. The standard InChI is InChI=1S/C15H23NO3/c1-15(2,3)19-14(18)16-12-9-4-8-5-10(7-9)13(17)11(12)6-8/h8-12H,4-7H2,1-3H3,(H,16,18). The van der Waals surface area contributed by atoms with E-state index in [1.165, 1.54) is 6.42 Å². The van der Waals surface area contributed by atoms with Gasteiger partial charge in [0, 0.05) is 17.9 Å². The number of amides is 1. The smallest absolute Gasteiger partial charge is 0.407 e. The highest BCUT2D eigenvalue weighted by Crippen LogP contribution is 2.51. The van der Waals surface area contributed by atoms with Gasteiger partial charge in [0.2, 0.25) is 0 Å². The molecular weight excluding hydrogens is 242 g/mol. The van der Waals surface area contributed by atoms with Crippen LogP contribution in [0, 0.1) is 23.7 Å².